The first-order chi connectivity index (χ1) is 20.9. The third-order valence-corrected chi connectivity index (χ3v) is 62.4. The van der Waals surface area contributed by atoms with E-state index in [9.17, 15) is 0 Å². The topological polar surface area (TPSA) is 0 Å². The van der Waals surface area contributed by atoms with Crippen LogP contribution in [0, 0.1) is 0 Å². The number of allylic oxidation sites excluding steroid dienone is 2. The predicted molar refractivity (Wildman–Crippen MR) is 195 cm³/mol. The van der Waals surface area contributed by atoms with E-state index in [0.29, 0.717) is 0 Å². The molecule has 6 rings (SSSR count). The molecule has 4 heteroatoms. The van der Waals surface area contributed by atoms with Crippen LogP contribution < -0.4 is 0 Å². The van der Waals surface area contributed by atoms with Crippen LogP contribution in [0.15, 0.2) is 96.6 Å². The van der Waals surface area contributed by atoms with Crippen LogP contribution in [0.1, 0.15) is 81.7 Å². The van der Waals surface area contributed by atoms with Crippen LogP contribution in [-0.2, 0) is 27.4 Å². The van der Waals surface area contributed by atoms with E-state index in [1.807, 2.05) is 0 Å². The van der Waals surface area contributed by atoms with E-state index in [4.69, 9.17) is 17.0 Å². The van der Waals surface area contributed by atoms with Gasteiger partial charge in [-0.25, -0.2) is 0 Å². The minimum absolute atomic E-state index is 0.0913. The Labute approximate surface area is 274 Å². The minimum atomic E-state index is -4.67. The first-order valence-corrected chi connectivity index (χ1v) is 32.6. The van der Waals surface area contributed by atoms with E-state index < -0.39 is 21.5 Å². The zero-order chi connectivity index (χ0) is 31.5. The Morgan fingerprint density at radius 1 is 0.705 bits per heavy atom. The van der Waals surface area contributed by atoms with Crippen LogP contribution in [0.4, 0.5) is 0 Å². The SMILES string of the molecule is CCC1=Cc2c(-c3ccc(CC)cc3)cccc2[CH]1[Zr]([Cl])([Cl])([CH]1C=Cc2c(-c3ccc(C(C)(C)C)cc3)cccc21)[SiH](C)C. The third kappa shape index (κ3) is 5.13. The van der Waals surface area contributed by atoms with Gasteiger partial charge in [0.25, 0.3) is 0 Å². The number of fused-ring (bicyclic) bond motifs is 2. The summed E-state index contributed by atoms with van der Waals surface area (Å²) in [7, 11) is 16.8. The summed E-state index contributed by atoms with van der Waals surface area (Å²) in [4.78, 5) is 0. The van der Waals surface area contributed by atoms with Gasteiger partial charge in [0.05, 0.1) is 0 Å². The van der Waals surface area contributed by atoms with Gasteiger partial charge >= 0.3 is 276 Å². The standard InChI is InChI=1S/2C19H19.C2H7Si.2ClH.Zr/c1-19(2,3)16-12-10-15(11-13-16)18-9-5-7-14-6-4-8-17(14)18;1-3-14-8-10-16(11-9-14)18-7-5-6-17-12-15(4-2)13-19(17)18;1-3-2;;;/h4-13H,1-3H3;5-13H,3-4H2,1-2H3;3H,1-2H3;2*1H;/q;;;;;+2/p-2. The quantitative estimate of drug-likeness (QED) is 0.167. The van der Waals surface area contributed by atoms with E-state index >= 15 is 0 Å². The Balaban J connectivity index is 1.48. The van der Waals surface area contributed by atoms with Crippen molar-refractivity contribution in [1.82, 2.24) is 0 Å². The van der Waals surface area contributed by atoms with Crippen LogP contribution in [0.3, 0.4) is 0 Å². The molecule has 2 aliphatic rings. The second-order valence-electron chi connectivity index (χ2n) is 14.2. The molecule has 4 aromatic rings. The number of hydrogen-bond donors (Lipinski definition) is 0. The molecule has 2 atom stereocenters. The number of rotatable bonds is 7. The molecule has 44 heavy (non-hydrogen) atoms. The maximum atomic E-state index is 8.42. The molecule has 0 fully saturated rings. The van der Waals surface area contributed by atoms with Gasteiger partial charge in [0.1, 0.15) is 0 Å². The van der Waals surface area contributed by atoms with E-state index in [-0.39, 0.29) is 12.7 Å². The first-order valence-electron chi connectivity index (χ1n) is 16.3. The van der Waals surface area contributed by atoms with Gasteiger partial charge in [-0.3, -0.25) is 0 Å². The zero-order valence-electron chi connectivity index (χ0n) is 27.2. The van der Waals surface area contributed by atoms with E-state index in [2.05, 4.69) is 151 Å². The van der Waals surface area contributed by atoms with Crippen molar-refractivity contribution in [1.29, 1.82) is 0 Å². The fraction of sp³-hybridized carbons (Fsp3) is 0.300. The van der Waals surface area contributed by atoms with E-state index in [1.54, 1.807) is 0 Å². The van der Waals surface area contributed by atoms with Crippen LogP contribution in [-0.4, -0.2) is 5.92 Å². The summed E-state index contributed by atoms with van der Waals surface area (Å²) in [6.07, 6.45) is 9.18. The van der Waals surface area contributed by atoms with Crippen molar-refractivity contribution in [2.75, 3.05) is 0 Å². The maximum absolute atomic E-state index is 8.42. The van der Waals surface area contributed by atoms with Crippen molar-refractivity contribution in [3.05, 3.63) is 130 Å². The van der Waals surface area contributed by atoms with Crippen LogP contribution in [0.5, 0.6) is 0 Å². The van der Waals surface area contributed by atoms with Crippen LogP contribution >= 0.6 is 17.0 Å². The summed E-state index contributed by atoms with van der Waals surface area (Å²) in [6.45, 7) is 16.1. The molecule has 227 valence electrons. The summed E-state index contributed by atoms with van der Waals surface area (Å²) < 4.78 is 0.213. The van der Waals surface area contributed by atoms with Gasteiger partial charge in [0.15, 0.2) is 0 Å². The fourth-order valence-electron chi connectivity index (χ4n) is 7.68. The van der Waals surface area contributed by atoms with Crippen LogP contribution in [0.2, 0.25) is 13.1 Å². The third-order valence-electron chi connectivity index (χ3n) is 10.5. The zero-order valence-corrected chi connectivity index (χ0v) is 32.3. The van der Waals surface area contributed by atoms with Gasteiger partial charge < -0.3 is 0 Å². The Hall–Kier alpha value is -1.96. The molecule has 0 radical (unpaired) electrons. The average molecular weight is 716 g/mol. The van der Waals surface area contributed by atoms with Gasteiger partial charge in [-0.15, -0.1) is 0 Å². The average Bonchev–Trinajstić information content (AvgIpc) is 3.64. The molecule has 0 heterocycles. The summed E-state index contributed by atoms with van der Waals surface area (Å²) in [5.41, 5.74) is 14.6. The van der Waals surface area contributed by atoms with E-state index in [1.165, 1.54) is 61.2 Å². The molecule has 4 aromatic carbocycles. The number of hydrogen-bond acceptors (Lipinski definition) is 0. The molecule has 0 nitrogen and oxygen atoms in total. The van der Waals surface area contributed by atoms with Gasteiger partial charge in [0, 0.05) is 0 Å². The predicted octanol–water partition coefficient (Wildman–Crippen LogP) is 12.5. The first kappa shape index (κ1) is 32.0. The van der Waals surface area contributed by atoms with Crippen molar-refractivity contribution in [2.24, 2.45) is 0 Å². The number of halogens is 2. The van der Waals surface area contributed by atoms with Crippen LogP contribution in [0.25, 0.3) is 34.4 Å². The Morgan fingerprint density at radius 2 is 1.27 bits per heavy atom. The molecular weight excluding hydrogens is 671 g/mol. The molecule has 0 amide bonds. The summed E-state index contributed by atoms with van der Waals surface area (Å²) in [5, 5.41) is 0. The van der Waals surface area contributed by atoms with Gasteiger partial charge in [-0.2, -0.15) is 0 Å². The van der Waals surface area contributed by atoms with Gasteiger partial charge in [-0.1, -0.05) is 0 Å². The van der Waals surface area contributed by atoms with Gasteiger partial charge in [0.2, 0.25) is 0 Å². The Kier molecular flexibility index (Phi) is 8.50. The number of benzene rings is 4. The Bertz CT molecular complexity index is 1770. The Morgan fingerprint density at radius 3 is 1.82 bits per heavy atom. The van der Waals surface area contributed by atoms with Gasteiger partial charge in [-0.05, 0) is 0 Å². The normalized spacial score (nSPS) is 18.6. The summed E-state index contributed by atoms with van der Waals surface area (Å²) in [6, 6.07) is 31.8. The molecular formula is C40H45Cl2SiZr. The molecule has 2 aliphatic carbocycles. The van der Waals surface area contributed by atoms with Crippen molar-refractivity contribution in [2.45, 2.75) is 73.2 Å². The van der Waals surface area contributed by atoms with E-state index in [0.717, 1.165) is 12.8 Å². The second-order valence-corrected chi connectivity index (χ2v) is 56.8. The molecule has 0 saturated heterocycles. The second kappa shape index (κ2) is 11.7. The molecule has 0 saturated carbocycles. The fourth-order valence-corrected chi connectivity index (χ4v) is 37.3. The van der Waals surface area contributed by atoms with Crippen molar-refractivity contribution in [3.8, 4) is 22.3 Å². The molecule has 0 spiro atoms. The van der Waals surface area contributed by atoms with Crippen molar-refractivity contribution in [3.63, 3.8) is 0 Å². The molecule has 0 aliphatic heterocycles. The molecule has 0 N–H and O–H groups in total. The molecule has 0 aromatic heterocycles. The van der Waals surface area contributed by atoms with Crippen molar-refractivity contribution < 1.29 is 15.6 Å². The number of aryl methyl sites for hydroxylation is 1. The summed E-state index contributed by atoms with van der Waals surface area (Å²) >= 11 is -4.67. The summed E-state index contributed by atoms with van der Waals surface area (Å²) in [5.74, 6) is -1.56. The molecule has 0 bridgehead atoms. The monoisotopic (exact) mass is 713 g/mol. The molecule has 2 unspecified atom stereocenters. The van der Waals surface area contributed by atoms with Crippen molar-refractivity contribution >= 4 is 35.1 Å².